The Balaban J connectivity index is 0.00000271. The highest BCUT2D eigenvalue weighted by atomic mass is 127. The first-order valence-electron chi connectivity index (χ1n) is 13.9. The van der Waals surface area contributed by atoms with E-state index in [0.717, 1.165) is 33.6 Å². The molecule has 1 saturated carbocycles. The molecule has 0 radical (unpaired) electrons. The minimum atomic E-state index is -4.96. The van der Waals surface area contributed by atoms with Gasteiger partial charge in [-0.2, -0.15) is 28.8 Å². The number of rotatable bonds is 9. The van der Waals surface area contributed by atoms with Gasteiger partial charge in [-0.05, 0) is 37.5 Å². The van der Waals surface area contributed by atoms with Crippen molar-refractivity contribution >= 4 is 35.7 Å². The van der Waals surface area contributed by atoms with Crippen molar-refractivity contribution in [2.24, 2.45) is 0 Å². The maximum Gasteiger partial charge on any atom is 0.417 e. The number of benzene rings is 1. The number of halogens is 9. The first-order chi connectivity index (χ1) is 20.9. The molecule has 2 heterocycles. The van der Waals surface area contributed by atoms with Crippen molar-refractivity contribution in [2.75, 3.05) is 13.6 Å². The molecule has 1 aromatic carbocycles. The Labute approximate surface area is 283 Å². The predicted molar refractivity (Wildman–Crippen MR) is 166 cm³/mol. The maximum atomic E-state index is 15.4. The Morgan fingerprint density at radius 3 is 2.23 bits per heavy atom. The normalized spacial score (nSPS) is 18.6. The summed E-state index contributed by atoms with van der Waals surface area (Å²) in [7, 11) is 1.31. The van der Waals surface area contributed by atoms with E-state index in [1.807, 2.05) is 19.9 Å². The van der Waals surface area contributed by atoms with Gasteiger partial charge in [-0.1, -0.05) is 19.9 Å². The van der Waals surface area contributed by atoms with E-state index in [9.17, 15) is 41.7 Å². The third kappa shape index (κ3) is 8.08. The number of nitrogens with one attached hydrogen (secondary N) is 1. The number of hydrazine groups is 1. The number of hydrogen-bond donors (Lipinski definition) is 1. The predicted octanol–water partition coefficient (Wildman–Crippen LogP) is 7.05. The molecule has 18 heteroatoms. The lowest BCUT2D eigenvalue weighted by Gasteiger charge is -2.33. The van der Waals surface area contributed by atoms with Crippen LogP contribution in [-0.2, 0) is 10.9 Å². The van der Waals surface area contributed by atoms with E-state index in [1.165, 1.54) is 19.4 Å². The lowest BCUT2D eigenvalue weighted by molar-refractivity contribution is -0.138. The van der Waals surface area contributed by atoms with Crippen molar-refractivity contribution in [1.29, 1.82) is 10.5 Å². The fourth-order valence-electron chi connectivity index (χ4n) is 4.72. The van der Waals surface area contributed by atoms with Gasteiger partial charge in [-0.3, -0.25) is 14.5 Å². The molecule has 260 valence electrons. The summed E-state index contributed by atoms with van der Waals surface area (Å²) in [5.41, 5.74) is -4.06. The molecule has 1 aliphatic heterocycles. The highest BCUT2D eigenvalue weighted by molar-refractivity contribution is 14.0. The highest BCUT2D eigenvalue weighted by Gasteiger charge is 2.58. The van der Waals surface area contributed by atoms with Gasteiger partial charge < -0.3 is 9.64 Å². The second-order valence-corrected chi connectivity index (χ2v) is 10.6. The van der Waals surface area contributed by atoms with Gasteiger partial charge in [0.25, 0.3) is 11.8 Å². The molecule has 2 aliphatic rings. The summed E-state index contributed by atoms with van der Waals surface area (Å²) < 4.78 is 106. The molecule has 4 rings (SSSR count). The molecule has 3 unspecified atom stereocenters. The largest absolute Gasteiger partial charge is 0.459 e. The van der Waals surface area contributed by atoms with Gasteiger partial charge >= 0.3 is 6.18 Å². The molecular formula is C29H34F8IN7O2. The number of carbonyl (C=O) groups is 1. The number of carbonyl (C=O) groups excluding carboxylic acids is 1. The molecule has 1 N–H and O–H groups in total. The van der Waals surface area contributed by atoms with Crippen LogP contribution in [0.1, 0.15) is 63.4 Å². The molecule has 0 bridgehead atoms. The minimum absolute atomic E-state index is 0. The van der Waals surface area contributed by atoms with Crippen LogP contribution in [0.15, 0.2) is 36.4 Å². The van der Waals surface area contributed by atoms with E-state index in [1.54, 1.807) is 6.07 Å². The second kappa shape index (κ2) is 15.1. The van der Waals surface area contributed by atoms with Gasteiger partial charge in [0.15, 0.2) is 17.2 Å². The van der Waals surface area contributed by atoms with Crippen LogP contribution in [0.5, 0.6) is 0 Å². The Morgan fingerprint density at radius 2 is 1.77 bits per heavy atom. The lowest BCUT2D eigenvalue weighted by atomic mass is 9.91. The number of amides is 1. The van der Waals surface area contributed by atoms with Crippen LogP contribution < -0.4 is 5.43 Å². The average Bonchev–Trinajstić information content (AvgIpc) is 3.48. The molecule has 1 aliphatic carbocycles. The van der Waals surface area contributed by atoms with E-state index >= 15 is 4.39 Å². The van der Waals surface area contributed by atoms with Gasteiger partial charge in [-0.25, -0.2) is 27.7 Å². The molecule has 3 atom stereocenters. The van der Waals surface area contributed by atoms with Crippen LogP contribution in [-0.4, -0.2) is 68.7 Å². The van der Waals surface area contributed by atoms with Crippen molar-refractivity contribution < 1.29 is 45.0 Å². The lowest BCUT2D eigenvalue weighted by Crippen LogP contribution is -2.56. The van der Waals surface area contributed by atoms with E-state index in [-0.39, 0.29) is 58.5 Å². The molecule has 1 fully saturated rings. The molecule has 9 nitrogen and oxygen atoms in total. The number of aromatic nitrogens is 2. The Bertz CT molecular complexity index is 1540. The monoisotopic (exact) mass is 791 g/mol. The van der Waals surface area contributed by atoms with Gasteiger partial charge in [0.05, 0.1) is 29.5 Å². The van der Waals surface area contributed by atoms with Crippen LogP contribution in [0.3, 0.4) is 0 Å². The molecular weight excluding hydrogens is 757 g/mol. The van der Waals surface area contributed by atoms with Crippen LogP contribution in [0.2, 0.25) is 0 Å². The van der Waals surface area contributed by atoms with Crippen molar-refractivity contribution in [2.45, 2.75) is 83.2 Å². The highest BCUT2D eigenvalue weighted by Crippen LogP contribution is 2.44. The Morgan fingerprint density at radius 1 is 1.17 bits per heavy atom. The minimum Gasteiger partial charge on any atom is -0.459 e. The third-order valence-corrected chi connectivity index (χ3v) is 7.42. The molecule has 1 amide bonds. The molecule has 0 spiro atoms. The third-order valence-electron chi connectivity index (χ3n) is 7.42. The van der Waals surface area contributed by atoms with Crippen molar-refractivity contribution in [3.8, 4) is 23.3 Å². The number of nitrogens with zero attached hydrogens (tertiary/aromatic N) is 6. The summed E-state index contributed by atoms with van der Waals surface area (Å²) >= 11 is 0. The van der Waals surface area contributed by atoms with Crippen LogP contribution >= 0.6 is 24.0 Å². The first kappa shape index (κ1) is 41.4. The summed E-state index contributed by atoms with van der Waals surface area (Å²) in [5, 5.41) is 23.9. The molecule has 1 aromatic heterocycles. The van der Waals surface area contributed by atoms with Gasteiger partial charge in [0, 0.05) is 32.7 Å². The van der Waals surface area contributed by atoms with Crippen molar-refractivity contribution in [3.63, 3.8) is 0 Å². The zero-order chi connectivity index (χ0) is 34.1. The topological polar surface area (TPSA) is 110 Å². The SMILES string of the molecule is CC.CC(F)OC1=C(n2cc(-c3ccc(C(F)(F)F)c(C(=O)N(CC#N)C4(C#N)CC4)c3)cn2)N(C)NC1C(C)(F)C(C)(F)F.F.I. The number of alkyl halides is 7. The second-order valence-electron chi connectivity index (χ2n) is 10.6. The molecule has 47 heavy (non-hydrogen) atoms. The first-order valence-corrected chi connectivity index (χ1v) is 13.9. The fourth-order valence-corrected chi connectivity index (χ4v) is 4.72. The van der Waals surface area contributed by atoms with E-state index in [4.69, 9.17) is 4.74 Å². The summed E-state index contributed by atoms with van der Waals surface area (Å²) in [5.74, 6) is -5.78. The summed E-state index contributed by atoms with van der Waals surface area (Å²) in [4.78, 5) is 14.2. The van der Waals surface area contributed by atoms with E-state index < -0.39 is 65.0 Å². The smallest absolute Gasteiger partial charge is 0.417 e. The van der Waals surface area contributed by atoms with Gasteiger partial charge in [0.1, 0.15) is 18.1 Å². The summed E-state index contributed by atoms with van der Waals surface area (Å²) in [6.45, 7) is 5.33. The molecule has 0 saturated heterocycles. The van der Waals surface area contributed by atoms with Crippen molar-refractivity contribution in [1.82, 2.24) is 25.1 Å². The van der Waals surface area contributed by atoms with Gasteiger partial charge in [0.2, 0.25) is 6.36 Å². The molecule has 2 aromatic rings. The van der Waals surface area contributed by atoms with Gasteiger partial charge in [-0.15, -0.1) is 24.0 Å². The standard InChI is InChI=1S/C27H26F7N7O2.C2H6.FH.HI/c1-15(28)43-20-21(24(2,29)25(3,30)31)38-39(4)22(20)41-13-17(12-37-41)16-5-6-19(27(32,33)34)18(11-16)23(42)40(10-9-35)26(14-36)7-8-26;1-2;;/h5-6,11-13,15,21,38H,7-8,10H2,1-4H3;1-2H3;2*1H. The zero-order valence-electron chi connectivity index (χ0n) is 26.1. The Kier molecular flexibility index (Phi) is 13.3. The van der Waals surface area contributed by atoms with Crippen LogP contribution in [0.25, 0.3) is 16.9 Å². The maximum absolute atomic E-state index is 15.4. The van der Waals surface area contributed by atoms with Crippen LogP contribution in [0.4, 0.5) is 35.4 Å². The fraction of sp³-hybridized carbons (Fsp3) is 0.517. The number of hydrogen-bond acceptors (Lipinski definition) is 7. The average molecular weight is 792 g/mol. The number of ether oxygens (including phenoxy) is 1. The van der Waals surface area contributed by atoms with Crippen LogP contribution in [0, 0.1) is 22.7 Å². The number of nitriles is 2. The van der Waals surface area contributed by atoms with Crippen molar-refractivity contribution in [3.05, 3.63) is 47.5 Å². The quantitative estimate of drug-likeness (QED) is 0.165. The zero-order valence-corrected chi connectivity index (χ0v) is 28.5. The summed E-state index contributed by atoms with van der Waals surface area (Å²) in [6, 6.07) is 4.45. The Hall–Kier alpha value is -3.65. The van der Waals surface area contributed by atoms with E-state index in [2.05, 4.69) is 10.5 Å². The summed E-state index contributed by atoms with van der Waals surface area (Å²) in [6.07, 6.45) is -4.18. The van der Waals surface area contributed by atoms with E-state index in [0.29, 0.717) is 19.9 Å².